The van der Waals surface area contributed by atoms with E-state index in [1.54, 1.807) is 24.0 Å². The number of urea groups is 1. The van der Waals surface area contributed by atoms with Crippen LogP contribution in [0.25, 0.3) is 0 Å². The fourth-order valence-corrected chi connectivity index (χ4v) is 3.99. The summed E-state index contributed by atoms with van der Waals surface area (Å²) in [7, 11) is 0. The van der Waals surface area contributed by atoms with Crippen molar-refractivity contribution in [2.24, 2.45) is 0 Å². The SMILES string of the molecule is Cc1noc(CN2CCN([C@H]3CCN(Cc4c(F)cccc4Cl)C3)C2=O)n1. The lowest BCUT2D eigenvalue weighted by Crippen LogP contribution is -2.40. The van der Waals surface area contributed by atoms with Crippen molar-refractivity contribution in [3.8, 4) is 0 Å². The zero-order valence-electron chi connectivity index (χ0n) is 15.1. The number of likely N-dealkylation sites (tertiary alicyclic amines) is 1. The van der Waals surface area contributed by atoms with Gasteiger partial charge in [0.05, 0.1) is 0 Å². The minimum absolute atomic E-state index is 0.0124. The molecule has 4 rings (SSSR count). The number of carbonyl (C=O) groups is 1. The Labute approximate surface area is 161 Å². The molecule has 2 aliphatic heterocycles. The normalized spacial score (nSPS) is 20.9. The van der Waals surface area contributed by atoms with Crippen LogP contribution in [0.3, 0.4) is 0 Å². The Balaban J connectivity index is 1.36. The lowest BCUT2D eigenvalue weighted by Gasteiger charge is -2.24. The van der Waals surface area contributed by atoms with Crippen LogP contribution < -0.4 is 0 Å². The van der Waals surface area contributed by atoms with Crippen molar-refractivity contribution in [1.29, 1.82) is 0 Å². The average molecular weight is 394 g/mol. The van der Waals surface area contributed by atoms with Crippen LogP contribution in [-0.2, 0) is 13.1 Å². The zero-order chi connectivity index (χ0) is 19.0. The van der Waals surface area contributed by atoms with E-state index in [1.807, 2.05) is 4.90 Å². The molecular formula is C18H21ClFN5O2. The lowest BCUT2D eigenvalue weighted by atomic mass is 10.2. The summed E-state index contributed by atoms with van der Waals surface area (Å²) in [5.41, 5.74) is 0.515. The molecule has 0 spiro atoms. The van der Waals surface area contributed by atoms with Crippen molar-refractivity contribution in [1.82, 2.24) is 24.8 Å². The molecule has 0 saturated carbocycles. The highest BCUT2D eigenvalue weighted by atomic mass is 35.5. The molecule has 7 nitrogen and oxygen atoms in total. The van der Waals surface area contributed by atoms with Crippen molar-refractivity contribution in [3.05, 3.63) is 46.3 Å². The molecule has 1 aromatic heterocycles. The smallest absolute Gasteiger partial charge is 0.320 e. The Morgan fingerprint density at radius 1 is 1.30 bits per heavy atom. The van der Waals surface area contributed by atoms with Gasteiger partial charge in [-0.2, -0.15) is 4.98 Å². The summed E-state index contributed by atoms with van der Waals surface area (Å²) in [6.07, 6.45) is 0.866. The molecule has 2 saturated heterocycles. The van der Waals surface area contributed by atoms with Crippen LogP contribution in [0.2, 0.25) is 5.02 Å². The summed E-state index contributed by atoms with van der Waals surface area (Å²) < 4.78 is 19.1. The van der Waals surface area contributed by atoms with Crippen LogP contribution in [0.4, 0.5) is 9.18 Å². The van der Waals surface area contributed by atoms with Crippen LogP contribution in [0, 0.1) is 12.7 Å². The average Bonchev–Trinajstić information content (AvgIpc) is 3.34. The molecule has 1 atom stereocenters. The molecule has 9 heteroatoms. The van der Waals surface area contributed by atoms with Gasteiger partial charge in [0.25, 0.3) is 0 Å². The summed E-state index contributed by atoms with van der Waals surface area (Å²) in [6, 6.07) is 4.85. The van der Waals surface area contributed by atoms with Gasteiger partial charge in [0, 0.05) is 49.4 Å². The first kappa shape index (κ1) is 18.2. The predicted molar refractivity (Wildman–Crippen MR) is 96.6 cm³/mol. The van der Waals surface area contributed by atoms with Gasteiger partial charge >= 0.3 is 6.03 Å². The third kappa shape index (κ3) is 3.77. The summed E-state index contributed by atoms with van der Waals surface area (Å²) in [5.74, 6) is 0.723. The summed E-state index contributed by atoms with van der Waals surface area (Å²) >= 11 is 6.13. The molecule has 27 heavy (non-hydrogen) atoms. The van der Waals surface area contributed by atoms with Gasteiger partial charge in [0.2, 0.25) is 5.89 Å². The van der Waals surface area contributed by atoms with Gasteiger partial charge < -0.3 is 14.3 Å². The number of aryl methyl sites for hydroxylation is 1. The van der Waals surface area contributed by atoms with Crippen LogP contribution in [0.1, 0.15) is 23.7 Å². The van der Waals surface area contributed by atoms with Crippen LogP contribution >= 0.6 is 11.6 Å². The third-order valence-corrected chi connectivity index (χ3v) is 5.51. The standard InChI is InChI=1S/C18H21ClFN5O2/c1-12-21-17(27-22-12)11-24-7-8-25(18(24)26)13-5-6-23(9-13)10-14-15(19)3-2-4-16(14)20/h2-4,13H,5-11H2,1H3/t13-/m0/s1. The second-order valence-electron chi connectivity index (χ2n) is 7.01. The van der Waals surface area contributed by atoms with Gasteiger partial charge in [-0.3, -0.25) is 4.90 Å². The van der Waals surface area contributed by atoms with Crippen LogP contribution in [-0.4, -0.2) is 63.1 Å². The number of carbonyl (C=O) groups excluding carboxylic acids is 1. The number of hydrogen-bond acceptors (Lipinski definition) is 5. The van der Waals surface area contributed by atoms with Gasteiger partial charge in [0.15, 0.2) is 5.82 Å². The Hall–Kier alpha value is -2.19. The first-order valence-electron chi connectivity index (χ1n) is 9.01. The molecule has 0 bridgehead atoms. The summed E-state index contributed by atoms with van der Waals surface area (Å²) in [4.78, 5) is 22.7. The lowest BCUT2D eigenvalue weighted by molar-refractivity contribution is 0.170. The van der Waals surface area contributed by atoms with E-state index < -0.39 is 0 Å². The maximum absolute atomic E-state index is 14.0. The maximum Gasteiger partial charge on any atom is 0.320 e. The molecule has 144 valence electrons. The van der Waals surface area contributed by atoms with E-state index in [0.29, 0.717) is 55.0 Å². The molecule has 2 fully saturated rings. The topological polar surface area (TPSA) is 65.7 Å². The van der Waals surface area contributed by atoms with Crippen molar-refractivity contribution in [2.45, 2.75) is 32.5 Å². The molecule has 2 aliphatic rings. The van der Waals surface area contributed by atoms with Crippen molar-refractivity contribution in [3.63, 3.8) is 0 Å². The van der Waals surface area contributed by atoms with Crippen LogP contribution in [0.15, 0.2) is 22.7 Å². The van der Waals surface area contributed by atoms with Crippen molar-refractivity contribution in [2.75, 3.05) is 26.2 Å². The minimum atomic E-state index is -0.288. The van der Waals surface area contributed by atoms with E-state index >= 15 is 0 Å². The number of rotatable bonds is 5. The van der Waals surface area contributed by atoms with E-state index in [9.17, 15) is 9.18 Å². The van der Waals surface area contributed by atoms with Crippen LogP contribution in [0.5, 0.6) is 0 Å². The Morgan fingerprint density at radius 2 is 2.15 bits per heavy atom. The molecule has 0 radical (unpaired) electrons. The molecular weight excluding hydrogens is 373 g/mol. The van der Waals surface area contributed by atoms with Gasteiger partial charge in [-0.05, 0) is 25.5 Å². The van der Waals surface area contributed by atoms with Crippen molar-refractivity contribution >= 4 is 17.6 Å². The second-order valence-corrected chi connectivity index (χ2v) is 7.42. The van der Waals surface area contributed by atoms with E-state index in [4.69, 9.17) is 16.1 Å². The number of benzene rings is 1. The predicted octanol–water partition coefficient (Wildman–Crippen LogP) is 2.68. The number of halogens is 2. The Kier molecular flexibility index (Phi) is 5.01. The van der Waals surface area contributed by atoms with E-state index in [1.165, 1.54) is 6.07 Å². The molecule has 1 aromatic carbocycles. The first-order valence-corrected chi connectivity index (χ1v) is 9.39. The van der Waals surface area contributed by atoms with Gasteiger partial charge in [0.1, 0.15) is 12.4 Å². The number of aromatic nitrogens is 2. The van der Waals surface area contributed by atoms with E-state index in [2.05, 4.69) is 15.0 Å². The number of nitrogens with zero attached hydrogens (tertiary/aromatic N) is 5. The Bertz CT molecular complexity index is 825. The fourth-order valence-electron chi connectivity index (χ4n) is 3.77. The van der Waals surface area contributed by atoms with Gasteiger partial charge in [-0.1, -0.05) is 22.8 Å². The highest BCUT2D eigenvalue weighted by Crippen LogP contribution is 2.26. The van der Waals surface area contributed by atoms with E-state index in [0.717, 1.165) is 13.0 Å². The highest BCUT2D eigenvalue weighted by molar-refractivity contribution is 6.31. The summed E-state index contributed by atoms with van der Waals surface area (Å²) in [6.45, 7) is 5.36. The van der Waals surface area contributed by atoms with Crippen molar-refractivity contribution < 1.29 is 13.7 Å². The number of amides is 2. The zero-order valence-corrected chi connectivity index (χ0v) is 15.8. The first-order chi connectivity index (χ1) is 13.0. The number of hydrogen-bond donors (Lipinski definition) is 0. The third-order valence-electron chi connectivity index (χ3n) is 5.15. The fraction of sp³-hybridized carbons (Fsp3) is 0.500. The van der Waals surface area contributed by atoms with E-state index in [-0.39, 0.29) is 17.9 Å². The maximum atomic E-state index is 14.0. The molecule has 2 aromatic rings. The molecule has 0 aliphatic carbocycles. The molecule has 3 heterocycles. The quantitative estimate of drug-likeness (QED) is 0.781. The monoisotopic (exact) mass is 393 g/mol. The highest BCUT2D eigenvalue weighted by Gasteiger charge is 2.37. The minimum Gasteiger partial charge on any atom is -0.337 e. The molecule has 2 amide bonds. The summed E-state index contributed by atoms with van der Waals surface area (Å²) in [5, 5.41) is 4.20. The second kappa shape index (κ2) is 7.44. The molecule has 0 unspecified atom stereocenters. The molecule has 0 N–H and O–H groups in total. The van der Waals surface area contributed by atoms with Gasteiger partial charge in [-0.25, -0.2) is 9.18 Å². The Morgan fingerprint density at radius 3 is 2.89 bits per heavy atom. The van der Waals surface area contributed by atoms with Gasteiger partial charge in [-0.15, -0.1) is 0 Å². The largest absolute Gasteiger partial charge is 0.337 e.